The van der Waals surface area contributed by atoms with Crippen molar-refractivity contribution in [2.75, 3.05) is 7.11 Å². The van der Waals surface area contributed by atoms with E-state index in [1.165, 1.54) is 11.3 Å². The topological polar surface area (TPSA) is 58.6 Å². The Labute approximate surface area is 132 Å². The lowest BCUT2D eigenvalue weighted by Gasteiger charge is -2.08. The fraction of sp³-hybridized carbons (Fsp3) is 0.118. The fourth-order valence-electron chi connectivity index (χ4n) is 2.19. The first-order valence-corrected chi connectivity index (χ1v) is 7.61. The van der Waals surface area contributed by atoms with E-state index in [9.17, 15) is 9.90 Å². The van der Waals surface area contributed by atoms with Crippen LogP contribution in [0.2, 0.25) is 0 Å². The summed E-state index contributed by atoms with van der Waals surface area (Å²) in [5, 5.41) is 13.7. The summed E-state index contributed by atoms with van der Waals surface area (Å²) in [4.78, 5) is 12.9. The maximum atomic E-state index is 12.2. The van der Waals surface area contributed by atoms with Crippen molar-refractivity contribution in [1.82, 2.24) is 5.32 Å². The van der Waals surface area contributed by atoms with E-state index in [0.717, 1.165) is 10.1 Å². The number of benzene rings is 2. The van der Waals surface area contributed by atoms with Gasteiger partial charge in [0.1, 0.15) is 11.5 Å². The number of hydrogen-bond donors (Lipinski definition) is 2. The molecule has 0 aliphatic carbocycles. The highest BCUT2D eigenvalue weighted by Gasteiger charge is 2.11. The molecule has 2 aromatic carbocycles. The second kappa shape index (κ2) is 6.07. The van der Waals surface area contributed by atoms with Gasteiger partial charge in [0, 0.05) is 16.8 Å². The predicted octanol–water partition coefficient (Wildman–Crippen LogP) is 3.55. The quantitative estimate of drug-likeness (QED) is 0.774. The van der Waals surface area contributed by atoms with E-state index in [0.29, 0.717) is 16.2 Å². The van der Waals surface area contributed by atoms with Crippen LogP contribution >= 0.6 is 11.3 Å². The second-order valence-electron chi connectivity index (χ2n) is 4.83. The molecule has 0 atom stereocenters. The zero-order chi connectivity index (χ0) is 15.5. The smallest absolute Gasteiger partial charge is 0.261 e. The summed E-state index contributed by atoms with van der Waals surface area (Å²) in [6.45, 7) is 0.246. The SMILES string of the molecule is COc1ccc(O)c(CNC(=O)c2cc3ccccc3s2)c1. The molecular formula is C17H15NO3S. The number of ether oxygens (including phenoxy) is 1. The van der Waals surface area contributed by atoms with Crippen LogP contribution in [0.15, 0.2) is 48.5 Å². The largest absolute Gasteiger partial charge is 0.508 e. The Hall–Kier alpha value is -2.53. The van der Waals surface area contributed by atoms with Gasteiger partial charge in [-0.3, -0.25) is 4.79 Å². The first-order chi connectivity index (χ1) is 10.7. The van der Waals surface area contributed by atoms with Crippen molar-refractivity contribution in [2.24, 2.45) is 0 Å². The Balaban J connectivity index is 1.74. The molecule has 112 valence electrons. The van der Waals surface area contributed by atoms with Crippen LogP contribution < -0.4 is 10.1 Å². The van der Waals surface area contributed by atoms with E-state index >= 15 is 0 Å². The van der Waals surface area contributed by atoms with E-state index in [4.69, 9.17) is 4.74 Å². The highest BCUT2D eigenvalue weighted by molar-refractivity contribution is 7.20. The summed E-state index contributed by atoms with van der Waals surface area (Å²) >= 11 is 1.45. The zero-order valence-electron chi connectivity index (χ0n) is 12.0. The van der Waals surface area contributed by atoms with Crippen LogP contribution in [0.5, 0.6) is 11.5 Å². The lowest BCUT2D eigenvalue weighted by Crippen LogP contribution is -2.21. The number of methoxy groups -OCH3 is 1. The van der Waals surface area contributed by atoms with E-state index in [1.54, 1.807) is 25.3 Å². The number of phenolic OH excluding ortho intramolecular Hbond substituents is 1. The van der Waals surface area contributed by atoms with Crippen LogP contribution in [-0.2, 0) is 6.54 Å². The second-order valence-corrected chi connectivity index (χ2v) is 5.91. The first kappa shape index (κ1) is 14.4. The van der Waals surface area contributed by atoms with Gasteiger partial charge in [-0.2, -0.15) is 0 Å². The van der Waals surface area contributed by atoms with Crippen LogP contribution in [0.3, 0.4) is 0 Å². The molecule has 1 amide bonds. The maximum absolute atomic E-state index is 12.2. The third-order valence-electron chi connectivity index (χ3n) is 3.38. The number of nitrogens with one attached hydrogen (secondary N) is 1. The summed E-state index contributed by atoms with van der Waals surface area (Å²) in [6, 6.07) is 14.7. The van der Waals surface area contributed by atoms with Gasteiger partial charge >= 0.3 is 0 Å². The minimum Gasteiger partial charge on any atom is -0.508 e. The summed E-state index contributed by atoms with van der Waals surface area (Å²) < 4.78 is 6.20. The monoisotopic (exact) mass is 313 g/mol. The zero-order valence-corrected chi connectivity index (χ0v) is 12.8. The summed E-state index contributed by atoms with van der Waals surface area (Å²) in [7, 11) is 1.56. The van der Waals surface area contributed by atoms with E-state index < -0.39 is 0 Å². The molecule has 2 N–H and O–H groups in total. The Kier molecular flexibility index (Phi) is 3.98. The maximum Gasteiger partial charge on any atom is 0.261 e. The summed E-state index contributed by atoms with van der Waals surface area (Å²) in [5.74, 6) is 0.629. The van der Waals surface area contributed by atoms with Crippen LogP contribution in [0.4, 0.5) is 0 Å². The molecule has 1 aromatic heterocycles. The molecule has 0 unspecified atom stereocenters. The highest BCUT2D eigenvalue weighted by Crippen LogP contribution is 2.26. The molecule has 0 bridgehead atoms. The number of hydrogen-bond acceptors (Lipinski definition) is 4. The fourth-order valence-corrected chi connectivity index (χ4v) is 3.17. The molecule has 0 spiro atoms. The van der Waals surface area contributed by atoms with Crippen LogP contribution in [0, 0.1) is 0 Å². The van der Waals surface area contributed by atoms with Gasteiger partial charge < -0.3 is 15.2 Å². The van der Waals surface area contributed by atoms with Gasteiger partial charge in [0.25, 0.3) is 5.91 Å². The highest BCUT2D eigenvalue weighted by atomic mass is 32.1. The Morgan fingerprint density at radius 1 is 1.23 bits per heavy atom. The van der Waals surface area contributed by atoms with Crippen molar-refractivity contribution in [3.8, 4) is 11.5 Å². The predicted molar refractivity (Wildman–Crippen MR) is 87.7 cm³/mol. The molecule has 0 aliphatic rings. The van der Waals surface area contributed by atoms with Gasteiger partial charge in [-0.05, 0) is 35.7 Å². The molecule has 0 radical (unpaired) electrons. The van der Waals surface area contributed by atoms with E-state index in [2.05, 4.69) is 5.32 Å². The molecule has 3 aromatic rings. The van der Waals surface area contributed by atoms with Crippen molar-refractivity contribution in [3.05, 3.63) is 59.0 Å². The van der Waals surface area contributed by atoms with Gasteiger partial charge in [-0.1, -0.05) is 18.2 Å². The third kappa shape index (κ3) is 2.89. The van der Waals surface area contributed by atoms with Crippen LogP contribution in [0.1, 0.15) is 15.2 Å². The van der Waals surface area contributed by atoms with Crippen molar-refractivity contribution in [1.29, 1.82) is 0 Å². The van der Waals surface area contributed by atoms with Gasteiger partial charge in [-0.25, -0.2) is 0 Å². The standard InChI is InChI=1S/C17H15NO3S/c1-21-13-6-7-14(19)12(8-13)10-18-17(20)16-9-11-4-2-3-5-15(11)22-16/h2-9,19H,10H2,1H3,(H,18,20). The molecule has 22 heavy (non-hydrogen) atoms. The lowest BCUT2D eigenvalue weighted by atomic mass is 10.2. The number of carbonyl (C=O) groups is 1. The number of thiophene rings is 1. The normalized spacial score (nSPS) is 10.6. The average molecular weight is 313 g/mol. The number of rotatable bonds is 4. The third-order valence-corrected chi connectivity index (χ3v) is 4.49. The van der Waals surface area contributed by atoms with Gasteiger partial charge in [-0.15, -0.1) is 11.3 Å². The number of phenols is 1. The molecule has 1 heterocycles. The van der Waals surface area contributed by atoms with Crippen molar-refractivity contribution < 1.29 is 14.6 Å². The van der Waals surface area contributed by atoms with Crippen molar-refractivity contribution in [2.45, 2.75) is 6.54 Å². The van der Waals surface area contributed by atoms with Gasteiger partial charge in [0.05, 0.1) is 12.0 Å². The Morgan fingerprint density at radius 2 is 2.05 bits per heavy atom. The Bertz CT molecular complexity index is 793. The van der Waals surface area contributed by atoms with E-state index in [-0.39, 0.29) is 18.2 Å². The van der Waals surface area contributed by atoms with Gasteiger partial charge in [0.15, 0.2) is 0 Å². The molecular weight excluding hydrogens is 298 g/mol. The summed E-state index contributed by atoms with van der Waals surface area (Å²) in [6.07, 6.45) is 0. The summed E-state index contributed by atoms with van der Waals surface area (Å²) in [5.41, 5.74) is 0.619. The van der Waals surface area contributed by atoms with Crippen molar-refractivity contribution >= 4 is 27.3 Å². The molecule has 0 saturated carbocycles. The molecule has 5 heteroatoms. The van der Waals surface area contributed by atoms with E-state index in [1.807, 2.05) is 30.3 Å². The molecule has 3 rings (SSSR count). The number of amides is 1. The number of carbonyl (C=O) groups excluding carboxylic acids is 1. The lowest BCUT2D eigenvalue weighted by molar-refractivity contribution is 0.0955. The minimum atomic E-state index is -0.150. The van der Waals surface area contributed by atoms with Crippen LogP contribution in [0.25, 0.3) is 10.1 Å². The Morgan fingerprint density at radius 3 is 2.82 bits per heavy atom. The number of fused-ring (bicyclic) bond motifs is 1. The molecule has 0 aliphatic heterocycles. The minimum absolute atomic E-state index is 0.137. The van der Waals surface area contributed by atoms with Crippen LogP contribution in [-0.4, -0.2) is 18.1 Å². The number of aromatic hydroxyl groups is 1. The molecule has 0 saturated heterocycles. The van der Waals surface area contributed by atoms with Gasteiger partial charge in [0.2, 0.25) is 0 Å². The van der Waals surface area contributed by atoms with Crippen molar-refractivity contribution in [3.63, 3.8) is 0 Å². The molecule has 0 fully saturated rings. The first-order valence-electron chi connectivity index (χ1n) is 6.80. The molecule has 4 nitrogen and oxygen atoms in total. The average Bonchev–Trinajstić information content (AvgIpc) is 2.98.